The van der Waals surface area contributed by atoms with Crippen LogP contribution in [0.3, 0.4) is 0 Å². The van der Waals surface area contributed by atoms with Gasteiger partial charge in [0, 0.05) is 72.5 Å². The second-order valence-corrected chi connectivity index (χ2v) is 27.1. The van der Waals surface area contributed by atoms with Gasteiger partial charge in [0.05, 0.1) is 28.9 Å². The summed E-state index contributed by atoms with van der Waals surface area (Å²) >= 11 is 13.7. The van der Waals surface area contributed by atoms with Gasteiger partial charge < -0.3 is 0 Å². The molecule has 18 rings (SSSR count). The summed E-state index contributed by atoms with van der Waals surface area (Å²) < 4.78 is 43.4. The Hall–Kier alpha value is -11.1. The van der Waals surface area contributed by atoms with Crippen LogP contribution in [0.4, 0.5) is 0 Å². The van der Waals surface area contributed by atoms with Crippen molar-refractivity contribution in [3.8, 4) is 101 Å². The van der Waals surface area contributed by atoms with Crippen LogP contribution in [0.25, 0.3) is 145 Å². The summed E-state index contributed by atoms with van der Waals surface area (Å²) in [5, 5.41) is 0. The van der Waals surface area contributed by atoms with Gasteiger partial charge in [-0.25, -0.2) is 39.9 Å². The average molecular weight is 1570 g/mol. The largest absolute Gasteiger partial charge is 0.252 e. The van der Waals surface area contributed by atoms with E-state index in [1.165, 1.54) is 22.3 Å². The van der Waals surface area contributed by atoms with Gasteiger partial charge in [0.1, 0.15) is 44.8 Å². The summed E-state index contributed by atoms with van der Waals surface area (Å²) in [6.07, 6.45) is 6.90. The normalized spacial score (nSPS) is 12.4. The van der Waals surface area contributed by atoms with E-state index in [0.29, 0.717) is 32.1 Å². The van der Waals surface area contributed by atoms with Crippen LogP contribution >= 0.6 is 63.7 Å². The third-order valence-corrected chi connectivity index (χ3v) is 18.8. The zero-order valence-corrected chi connectivity index (χ0v) is 60.2. The van der Waals surface area contributed by atoms with E-state index in [1.54, 1.807) is 36.9 Å². The predicted molar refractivity (Wildman–Crippen MR) is 421 cm³/mol. The van der Waals surface area contributed by atoms with E-state index < -0.39 is 18.1 Å². The van der Waals surface area contributed by atoms with Crippen molar-refractivity contribution in [1.29, 1.82) is 0 Å². The van der Waals surface area contributed by atoms with Crippen LogP contribution < -0.4 is 0 Å². The first-order chi connectivity index (χ1) is 51.5. The van der Waals surface area contributed by atoms with Gasteiger partial charge in [-0.3, -0.25) is 19.9 Å². The second kappa shape index (κ2) is 29.4. The minimum Gasteiger partial charge on any atom is -0.252 e. The highest BCUT2D eigenvalue weighted by Gasteiger charge is 2.35. The monoisotopic (exact) mass is 1570 g/mol. The van der Waals surface area contributed by atoms with E-state index in [-0.39, 0.29) is 28.8 Å². The zero-order chi connectivity index (χ0) is 73.2. The summed E-state index contributed by atoms with van der Waals surface area (Å²) in [6, 6.07) is 81.3. The maximum absolute atomic E-state index is 8.28. The number of aromatic nitrogens is 12. The van der Waals surface area contributed by atoms with Crippen LogP contribution in [0.1, 0.15) is 31.8 Å². The maximum Gasteiger partial charge on any atom is 0.197 e. The van der Waals surface area contributed by atoms with Crippen molar-refractivity contribution in [2.75, 3.05) is 0 Å². The topological polar surface area (TPSA) is 155 Å². The minimum absolute atomic E-state index is 0.00969. The molecule has 1 aliphatic carbocycles. The van der Waals surface area contributed by atoms with Gasteiger partial charge in [-0.05, 0) is 173 Å². The molecule has 8 heterocycles. The van der Waals surface area contributed by atoms with Crippen molar-refractivity contribution in [3.63, 3.8) is 0 Å². The van der Waals surface area contributed by atoms with Gasteiger partial charge in [0.25, 0.3) is 0 Å². The molecule has 0 unspecified atom stereocenters. The molecular weight excluding hydrogens is 1510 g/mol. The molecule has 0 saturated carbocycles. The SMILES string of the molecule is Brc1ccc(-c2nc(-c3ccccc3)c3ncccc3n2)cc1.Brc1nc(-c2cc(-c3ccccc3)cc(-c3ccccc3)c2)c2ncccc2n1.CC1(C)c2ccccc2-c2ccc(-c3nc(Br)nc4cccnc34)cc21.[2H]c1c([2H])c([2H])c(-c2nc(-c3ccc(Br)cc3)nc3cccnc23)c([2H])c1[2H]. The molecule has 12 nitrogen and oxygen atoms in total. The zero-order valence-electron chi connectivity index (χ0n) is 58.9. The quantitative estimate of drug-likeness (QED) is 0.133. The van der Waals surface area contributed by atoms with Crippen LogP contribution in [-0.2, 0) is 5.41 Å². The fourth-order valence-electron chi connectivity index (χ4n) is 12.2. The molecule has 0 radical (unpaired) electrons. The highest BCUT2D eigenvalue weighted by atomic mass is 79.9. The molecule has 16 heteroatoms. The fraction of sp³-hybridized carbons (Fsp3) is 0.0353. The molecule has 9 aromatic carbocycles. The van der Waals surface area contributed by atoms with Crippen LogP contribution in [0.2, 0.25) is 0 Å². The number of hydrogen-bond acceptors (Lipinski definition) is 12. The minimum atomic E-state index is -0.446. The Balaban J connectivity index is 0.000000114. The lowest BCUT2D eigenvalue weighted by atomic mass is 9.82. The smallest absolute Gasteiger partial charge is 0.197 e. The first-order valence-corrected chi connectivity index (χ1v) is 35.2. The Labute approximate surface area is 623 Å². The molecule has 0 atom stereocenters. The van der Waals surface area contributed by atoms with Crippen molar-refractivity contribution < 1.29 is 6.85 Å². The summed E-state index contributed by atoms with van der Waals surface area (Å²) in [5.74, 6) is 1.09. The van der Waals surface area contributed by atoms with E-state index in [9.17, 15) is 0 Å². The molecule has 8 aromatic heterocycles. The van der Waals surface area contributed by atoms with Gasteiger partial charge in [0.15, 0.2) is 21.1 Å². The predicted octanol–water partition coefficient (Wildman–Crippen LogP) is 22.8. The maximum atomic E-state index is 8.28. The molecule has 484 valence electrons. The average Bonchev–Trinajstić information content (AvgIpc) is 1.59. The molecule has 17 aromatic rings. The van der Waals surface area contributed by atoms with Crippen molar-refractivity contribution in [2.24, 2.45) is 0 Å². The van der Waals surface area contributed by atoms with Gasteiger partial charge in [-0.15, -0.1) is 0 Å². The highest BCUT2D eigenvalue weighted by Crippen LogP contribution is 2.50. The molecule has 0 spiro atoms. The standard InChI is InChI=1S/C25H16BrN3.C22H16BrN3.2C19H12BrN3/c26-25-28-22-12-7-13-27-24(22)23(29-25)21-15-19(17-8-3-1-4-9-17)14-20(16-21)18-10-5-2-6-11-18;1-22(2)16-7-4-3-6-14(16)15-10-9-13(12-17(15)22)19-20-18(8-5-11-24-20)25-21(23)26-19;2*20-15-10-8-14(9-11-15)19-22-16-7-4-12-21-18(16)17(23-19)13-5-2-1-3-6-13/h1-16H;3-12H,1-2H3;2*1-12H/i;;1D,2D,3D,5D,6D;. The number of rotatable bonds is 8. The van der Waals surface area contributed by atoms with Gasteiger partial charge >= 0.3 is 0 Å². The molecular formula is C85H56Br4N12. The number of nitrogens with zero attached hydrogens (tertiary/aromatic N) is 12. The van der Waals surface area contributed by atoms with Crippen LogP contribution in [0, 0.1) is 0 Å². The van der Waals surface area contributed by atoms with Crippen LogP contribution in [-0.4, -0.2) is 59.8 Å². The third-order valence-electron chi connectivity index (χ3n) is 17.0. The molecule has 0 amide bonds. The van der Waals surface area contributed by atoms with Crippen LogP contribution in [0.5, 0.6) is 0 Å². The number of hydrogen-bond donors (Lipinski definition) is 0. The molecule has 0 fully saturated rings. The third kappa shape index (κ3) is 14.3. The summed E-state index contributed by atoms with van der Waals surface area (Å²) in [7, 11) is 0. The van der Waals surface area contributed by atoms with Crippen molar-refractivity contribution in [1.82, 2.24) is 59.8 Å². The van der Waals surface area contributed by atoms with E-state index in [2.05, 4.69) is 242 Å². The lowest BCUT2D eigenvalue weighted by Gasteiger charge is -2.22. The molecule has 1 aliphatic rings. The fourth-order valence-corrected chi connectivity index (χ4v) is 13.5. The van der Waals surface area contributed by atoms with E-state index >= 15 is 0 Å². The second-order valence-electron chi connectivity index (χ2n) is 23.8. The molecule has 101 heavy (non-hydrogen) atoms. The number of pyridine rings is 4. The Morgan fingerprint density at radius 1 is 0.277 bits per heavy atom. The Morgan fingerprint density at radius 3 is 1.13 bits per heavy atom. The van der Waals surface area contributed by atoms with Crippen molar-refractivity contribution >= 4 is 108 Å². The Bertz CT molecular complexity index is 6110. The van der Waals surface area contributed by atoms with Crippen molar-refractivity contribution in [2.45, 2.75) is 19.3 Å². The van der Waals surface area contributed by atoms with E-state index in [1.807, 2.05) is 127 Å². The van der Waals surface area contributed by atoms with Crippen molar-refractivity contribution in [3.05, 3.63) is 333 Å². The summed E-state index contributed by atoms with van der Waals surface area (Å²) in [4.78, 5) is 54.6. The molecule has 0 aliphatic heterocycles. The summed E-state index contributed by atoms with van der Waals surface area (Å²) in [5.41, 5.74) is 23.3. The molecule has 0 saturated heterocycles. The van der Waals surface area contributed by atoms with Crippen LogP contribution in [0.15, 0.2) is 322 Å². The number of halogens is 4. The van der Waals surface area contributed by atoms with Gasteiger partial charge in [0.2, 0.25) is 0 Å². The molecule has 0 bridgehead atoms. The first-order valence-electron chi connectivity index (χ1n) is 34.5. The lowest BCUT2D eigenvalue weighted by molar-refractivity contribution is 0.660. The number of fused-ring (bicyclic) bond motifs is 7. The highest BCUT2D eigenvalue weighted by molar-refractivity contribution is 9.11. The van der Waals surface area contributed by atoms with E-state index in [4.69, 9.17) is 11.8 Å². The Morgan fingerprint density at radius 2 is 0.653 bits per heavy atom. The van der Waals surface area contributed by atoms with E-state index in [0.717, 1.165) is 109 Å². The molecule has 0 N–H and O–H groups in total. The first kappa shape index (κ1) is 59.9. The Kier molecular flexibility index (Phi) is 17.4. The van der Waals surface area contributed by atoms with Gasteiger partial charge in [-0.1, -0.05) is 228 Å². The summed E-state index contributed by atoms with van der Waals surface area (Å²) in [6.45, 7) is 4.57. The number of benzene rings is 9. The van der Waals surface area contributed by atoms with Gasteiger partial charge in [-0.2, -0.15) is 0 Å². The lowest BCUT2D eigenvalue weighted by Crippen LogP contribution is -2.15.